The summed E-state index contributed by atoms with van der Waals surface area (Å²) >= 11 is 2.75. The molecule has 5 nitrogen and oxygen atoms in total. The highest BCUT2D eigenvalue weighted by molar-refractivity contribution is 8.00. The van der Waals surface area contributed by atoms with Gasteiger partial charge in [-0.05, 0) is 31.9 Å². The summed E-state index contributed by atoms with van der Waals surface area (Å²) in [6.45, 7) is 2.00. The molecule has 1 aliphatic carbocycles. The van der Waals surface area contributed by atoms with Crippen molar-refractivity contribution in [3.8, 4) is 0 Å². The van der Waals surface area contributed by atoms with Gasteiger partial charge >= 0.3 is 0 Å². The summed E-state index contributed by atoms with van der Waals surface area (Å²) < 4.78 is 0. The number of carbonyl (C=O) groups is 2. The van der Waals surface area contributed by atoms with E-state index >= 15 is 0 Å². The summed E-state index contributed by atoms with van der Waals surface area (Å²) in [4.78, 5) is 28.2. The van der Waals surface area contributed by atoms with E-state index in [-0.39, 0.29) is 23.3 Å². The van der Waals surface area contributed by atoms with Crippen molar-refractivity contribution in [2.75, 3.05) is 22.1 Å². The predicted octanol–water partition coefficient (Wildman–Crippen LogP) is 3.64. The third-order valence-corrected chi connectivity index (χ3v) is 5.27. The molecule has 24 heavy (non-hydrogen) atoms. The summed E-state index contributed by atoms with van der Waals surface area (Å²) in [6.07, 6.45) is 2.39. The maximum Gasteiger partial charge on any atom is 0.236 e. The molecule has 0 bridgehead atoms. The molecule has 0 saturated heterocycles. The average Bonchev–Trinajstić information content (AvgIpc) is 3.30. The molecule has 7 heteroatoms. The van der Waals surface area contributed by atoms with Gasteiger partial charge in [-0.25, -0.2) is 4.98 Å². The van der Waals surface area contributed by atoms with Crippen LogP contribution in [0.3, 0.4) is 0 Å². The molecule has 1 heterocycles. The largest absolute Gasteiger partial charge is 0.325 e. The van der Waals surface area contributed by atoms with Gasteiger partial charge in [0, 0.05) is 17.0 Å². The van der Waals surface area contributed by atoms with Gasteiger partial charge in [-0.15, -0.1) is 23.1 Å². The second kappa shape index (κ2) is 7.81. The summed E-state index contributed by atoms with van der Waals surface area (Å²) in [5.74, 6) is 0.833. The zero-order valence-electron chi connectivity index (χ0n) is 13.4. The number of aromatic nitrogens is 1. The van der Waals surface area contributed by atoms with Crippen molar-refractivity contribution >= 4 is 45.7 Å². The quantitative estimate of drug-likeness (QED) is 0.790. The van der Waals surface area contributed by atoms with Crippen LogP contribution >= 0.6 is 23.1 Å². The van der Waals surface area contributed by atoms with Crippen LogP contribution in [0.25, 0.3) is 0 Å². The molecule has 3 rings (SSSR count). The standard InChI is InChI=1S/C17H19N3O2S2/c1-11-2-6-13(7-3-11)18-15(21)9-23-10-16(22)20-17-19-14(8-24-17)12-4-5-12/h2-3,6-8,12H,4-5,9-10H2,1H3,(H,18,21)(H,19,20,22). The van der Waals surface area contributed by atoms with Crippen LogP contribution in [0.15, 0.2) is 29.6 Å². The minimum Gasteiger partial charge on any atom is -0.325 e. The molecule has 2 N–H and O–H groups in total. The van der Waals surface area contributed by atoms with Gasteiger partial charge in [0.05, 0.1) is 17.2 Å². The topological polar surface area (TPSA) is 71.1 Å². The second-order valence-electron chi connectivity index (χ2n) is 5.81. The Labute approximate surface area is 149 Å². The van der Waals surface area contributed by atoms with Gasteiger partial charge in [-0.2, -0.15) is 0 Å². The van der Waals surface area contributed by atoms with Gasteiger partial charge < -0.3 is 10.6 Å². The Morgan fingerprint density at radius 2 is 1.83 bits per heavy atom. The first-order valence-electron chi connectivity index (χ1n) is 7.79. The minimum atomic E-state index is -0.125. The molecule has 0 atom stereocenters. The Balaban J connectivity index is 1.36. The number of thioether (sulfide) groups is 1. The van der Waals surface area contributed by atoms with Crippen molar-refractivity contribution in [3.05, 3.63) is 40.9 Å². The zero-order chi connectivity index (χ0) is 16.9. The third-order valence-electron chi connectivity index (χ3n) is 3.57. The zero-order valence-corrected chi connectivity index (χ0v) is 15.0. The van der Waals surface area contributed by atoms with Crippen LogP contribution in [-0.2, 0) is 9.59 Å². The summed E-state index contributed by atoms with van der Waals surface area (Å²) in [6, 6.07) is 7.62. The number of thiazole rings is 1. The molecule has 0 aliphatic heterocycles. The number of rotatable bonds is 7. The Bertz CT molecular complexity index is 724. The predicted molar refractivity (Wildman–Crippen MR) is 99.9 cm³/mol. The molecular weight excluding hydrogens is 342 g/mol. The van der Waals surface area contributed by atoms with E-state index in [1.54, 1.807) is 0 Å². The first kappa shape index (κ1) is 17.0. The van der Waals surface area contributed by atoms with E-state index in [0.29, 0.717) is 11.0 Å². The fourth-order valence-corrected chi connectivity index (χ4v) is 3.56. The van der Waals surface area contributed by atoms with Crippen molar-refractivity contribution in [3.63, 3.8) is 0 Å². The lowest BCUT2D eigenvalue weighted by molar-refractivity contribution is -0.114. The number of hydrogen-bond donors (Lipinski definition) is 2. The third kappa shape index (κ3) is 5.07. The van der Waals surface area contributed by atoms with Gasteiger partial charge in [-0.3, -0.25) is 9.59 Å². The van der Waals surface area contributed by atoms with Crippen LogP contribution in [0.5, 0.6) is 0 Å². The maximum absolute atomic E-state index is 11.9. The van der Waals surface area contributed by atoms with Crippen molar-refractivity contribution in [2.24, 2.45) is 0 Å². The number of anilines is 2. The van der Waals surface area contributed by atoms with Crippen molar-refractivity contribution in [1.29, 1.82) is 0 Å². The van der Waals surface area contributed by atoms with Gasteiger partial charge in [0.25, 0.3) is 0 Å². The molecule has 0 spiro atoms. The van der Waals surface area contributed by atoms with Gasteiger partial charge in [0.1, 0.15) is 0 Å². The van der Waals surface area contributed by atoms with E-state index in [1.165, 1.54) is 35.9 Å². The Morgan fingerprint density at radius 1 is 1.17 bits per heavy atom. The molecule has 1 aromatic heterocycles. The van der Waals surface area contributed by atoms with E-state index in [2.05, 4.69) is 15.6 Å². The SMILES string of the molecule is Cc1ccc(NC(=O)CSCC(=O)Nc2nc(C3CC3)cs2)cc1. The molecule has 1 saturated carbocycles. The summed E-state index contributed by atoms with van der Waals surface area (Å²) in [5, 5.41) is 8.26. The van der Waals surface area contributed by atoms with Crippen LogP contribution < -0.4 is 10.6 Å². The number of benzene rings is 1. The van der Waals surface area contributed by atoms with Gasteiger partial charge in [0.2, 0.25) is 11.8 Å². The molecule has 0 radical (unpaired) electrons. The molecule has 1 aliphatic rings. The normalized spacial score (nSPS) is 13.5. The first-order valence-corrected chi connectivity index (χ1v) is 9.83. The monoisotopic (exact) mass is 361 g/mol. The fraction of sp³-hybridized carbons (Fsp3) is 0.353. The second-order valence-corrected chi connectivity index (χ2v) is 7.65. The highest BCUT2D eigenvalue weighted by Gasteiger charge is 2.26. The van der Waals surface area contributed by atoms with Gasteiger partial charge in [-0.1, -0.05) is 17.7 Å². The van der Waals surface area contributed by atoms with Crippen LogP contribution in [0, 0.1) is 6.92 Å². The van der Waals surface area contributed by atoms with E-state index in [9.17, 15) is 9.59 Å². The first-order chi connectivity index (χ1) is 11.6. The lowest BCUT2D eigenvalue weighted by Crippen LogP contribution is -2.18. The number of carbonyl (C=O) groups excluding carboxylic acids is 2. The van der Waals surface area contributed by atoms with Crippen LogP contribution in [0.2, 0.25) is 0 Å². The lowest BCUT2D eigenvalue weighted by Gasteiger charge is -2.05. The van der Waals surface area contributed by atoms with Gasteiger partial charge in [0.15, 0.2) is 5.13 Å². The summed E-state index contributed by atoms with van der Waals surface area (Å²) in [5.41, 5.74) is 3.00. The molecule has 2 amide bonds. The van der Waals surface area contributed by atoms with E-state index < -0.39 is 0 Å². The number of amides is 2. The minimum absolute atomic E-state index is 0.109. The number of aryl methyl sites for hydroxylation is 1. The molecule has 1 fully saturated rings. The molecule has 1 aromatic carbocycles. The maximum atomic E-state index is 11.9. The molecule has 0 unspecified atom stereocenters. The highest BCUT2D eigenvalue weighted by atomic mass is 32.2. The Morgan fingerprint density at radius 3 is 2.50 bits per heavy atom. The Hall–Kier alpha value is -1.86. The lowest BCUT2D eigenvalue weighted by atomic mass is 10.2. The smallest absolute Gasteiger partial charge is 0.236 e. The van der Waals surface area contributed by atoms with Crippen LogP contribution in [0.4, 0.5) is 10.8 Å². The number of hydrogen-bond acceptors (Lipinski definition) is 5. The molecule has 126 valence electrons. The molecule has 2 aromatic rings. The fourth-order valence-electron chi connectivity index (χ4n) is 2.14. The molecular formula is C17H19N3O2S2. The van der Waals surface area contributed by atoms with Crippen LogP contribution in [-0.4, -0.2) is 28.3 Å². The van der Waals surface area contributed by atoms with Crippen LogP contribution in [0.1, 0.15) is 30.0 Å². The average molecular weight is 361 g/mol. The van der Waals surface area contributed by atoms with Crippen molar-refractivity contribution in [1.82, 2.24) is 4.98 Å². The summed E-state index contributed by atoms with van der Waals surface area (Å²) in [7, 11) is 0. The van der Waals surface area contributed by atoms with E-state index in [0.717, 1.165) is 16.9 Å². The van der Waals surface area contributed by atoms with E-state index in [4.69, 9.17) is 0 Å². The highest BCUT2D eigenvalue weighted by Crippen LogP contribution is 2.40. The van der Waals surface area contributed by atoms with Crippen molar-refractivity contribution < 1.29 is 9.59 Å². The number of nitrogens with zero attached hydrogens (tertiary/aromatic N) is 1. The van der Waals surface area contributed by atoms with Crippen molar-refractivity contribution in [2.45, 2.75) is 25.7 Å². The van der Waals surface area contributed by atoms with E-state index in [1.807, 2.05) is 36.6 Å². The Kier molecular flexibility index (Phi) is 5.52. The number of nitrogens with one attached hydrogen (secondary N) is 2.